The molecule has 1 aliphatic rings. The van der Waals surface area contributed by atoms with E-state index in [4.69, 9.17) is 4.99 Å². The lowest BCUT2D eigenvalue weighted by molar-refractivity contribution is -0.130. The zero-order chi connectivity index (χ0) is 21.4. The number of aliphatic imine (C=N–C) groups is 1. The van der Waals surface area contributed by atoms with Crippen LogP contribution in [0.4, 0.5) is 5.69 Å². The molecule has 162 valence electrons. The Morgan fingerprint density at radius 3 is 2.45 bits per heavy atom. The lowest BCUT2D eigenvalue weighted by Crippen LogP contribution is -2.50. The molecule has 0 atom stereocenters. The van der Waals surface area contributed by atoms with Gasteiger partial charge in [0.25, 0.3) is 0 Å². The lowest BCUT2D eigenvalue weighted by Gasteiger charge is -2.33. The number of benzene rings is 1. The predicted octanol–water partition coefficient (Wildman–Crippen LogP) is 1.67. The number of likely N-dealkylation sites (N-methyl/N-ethyl adjacent to an activating group) is 1. The molecule has 7 nitrogen and oxygen atoms in total. The SMILES string of the molecule is CCNC(=NCc1ccc(N(C)C)cc1C)NC1CCN(CC(=O)N(C)C)CC1. The molecule has 29 heavy (non-hydrogen) atoms. The Kier molecular flexibility index (Phi) is 8.76. The van der Waals surface area contributed by atoms with Gasteiger partial charge in [0, 0.05) is 59.6 Å². The number of hydrogen-bond donors (Lipinski definition) is 2. The second-order valence-corrected chi connectivity index (χ2v) is 8.18. The van der Waals surface area contributed by atoms with Crippen LogP contribution >= 0.6 is 0 Å². The highest BCUT2D eigenvalue weighted by Gasteiger charge is 2.22. The molecule has 0 spiro atoms. The van der Waals surface area contributed by atoms with Crippen LogP contribution in [0.2, 0.25) is 0 Å². The Morgan fingerprint density at radius 2 is 1.90 bits per heavy atom. The molecule has 0 bridgehead atoms. The quantitative estimate of drug-likeness (QED) is 0.537. The van der Waals surface area contributed by atoms with E-state index < -0.39 is 0 Å². The number of nitrogens with zero attached hydrogens (tertiary/aromatic N) is 4. The van der Waals surface area contributed by atoms with Crippen LogP contribution in [0.25, 0.3) is 0 Å². The third-order valence-electron chi connectivity index (χ3n) is 5.38. The molecule has 1 aromatic rings. The molecule has 7 heteroatoms. The third kappa shape index (κ3) is 7.24. The highest BCUT2D eigenvalue weighted by Crippen LogP contribution is 2.18. The van der Waals surface area contributed by atoms with E-state index in [1.807, 2.05) is 14.1 Å². The Balaban J connectivity index is 1.91. The predicted molar refractivity (Wildman–Crippen MR) is 122 cm³/mol. The van der Waals surface area contributed by atoms with E-state index in [0.717, 1.165) is 38.4 Å². The minimum atomic E-state index is 0.168. The summed E-state index contributed by atoms with van der Waals surface area (Å²) in [5, 5.41) is 6.95. The van der Waals surface area contributed by atoms with Gasteiger partial charge < -0.3 is 20.4 Å². The Hall–Kier alpha value is -2.28. The summed E-state index contributed by atoms with van der Waals surface area (Å²) in [7, 11) is 7.74. The molecule has 1 amide bonds. The normalized spacial score (nSPS) is 15.9. The van der Waals surface area contributed by atoms with Crippen molar-refractivity contribution in [1.29, 1.82) is 0 Å². The van der Waals surface area contributed by atoms with E-state index in [1.165, 1.54) is 16.8 Å². The molecule has 0 unspecified atom stereocenters. The van der Waals surface area contributed by atoms with Crippen LogP contribution in [0.1, 0.15) is 30.9 Å². The van der Waals surface area contributed by atoms with Gasteiger partial charge in [-0.3, -0.25) is 9.69 Å². The molecular formula is C22H38N6O. The largest absolute Gasteiger partial charge is 0.378 e. The van der Waals surface area contributed by atoms with Crippen molar-refractivity contribution in [2.45, 2.75) is 39.3 Å². The van der Waals surface area contributed by atoms with Crippen molar-refractivity contribution >= 4 is 17.6 Å². The van der Waals surface area contributed by atoms with Crippen LogP contribution in [0.15, 0.2) is 23.2 Å². The second kappa shape index (κ2) is 11.0. The summed E-state index contributed by atoms with van der Waals surface area (Å²) in [6.45, 7) is 8.10. The van der Waals surface area contributed by atoms with E-state index >= 15 is 0 Å². The van der Waals surface area contributed by atoms with Gasteiger partial charge in [0.05, 0.1) is 13.1 Å². The molecular weight excluding hydrogens is 364 g/mol. The standard InChI is InChI=1S/C22H38N6O/c1-7-23-22(24-15-18-8-9-20(26(3)4)14-17(18)2)25-19-10-12-28(13-11-19)16-21(29)27(5)6/h8-9,14,19H,7,10-13,15-16H2,1-6H3,(H2,23,24,25). The summed E-state index contributed by atoms with van der Waals surface area (Å²) in [6.07, 6.45) is 2.03. The van der Waals surface area contributed by atoms with Crippen LogP contribution in [0.5, 0.6) is 0 Å². The minimum absolute atomic E-state index is 0.168. The number of anilines is 1. The maximum Gasteiger partial charge on any atom is 0.236 e. The fourth-order valence-electron chi connectivity index (χ4n) is 3.38. The van der Waals surface area contributed by atoms with E-state index in [-0.39, 0.29) is 5.91 Å². The van der Waals surface area contributed by atoms with Crippen LogP contribution < -0.4 is 15.5 Å². The van der Waals surface area contributed by atoms with Crippen molar-refractivity contribution in [3.8, 4) is 0 Å². The monoisotopic (exact) mass is 402 g/mol. The summed E-state index contributed by atoms with van der Waals surface area (Å²) in [4.78, 5) is 22.7. The first-order chi connectivity index (χ1) is 13.8. The number of aryl methyl sites for hydroxylation is 1. The first-order valence-electron chi connectivity index (χ1n) is 10.5. The van der Waals surface area contributed by atoms with Crippen LogP contribution in [-0.4, -0.2) is 82.1 Å². The average molecular weight is 403 g/mol. The van der Waals surface area contributed by atoms with E-state index in [2.05, 4.69) is 66.6 Å². The molecule has 1 saturated heterocycles. The lowest BCUT2D eigenvalue weighted by atomic mass is 10.1. The maximum absolute atomic E-state index is 11.9. The summed E-state index contributed by atoms with van der Waals surface area (Å²) >= 11 is 0. The number of amides is 1. The van der Waals surface area contributed by atoms with Gasteiger partial charge in [0.15, 0.2) is 5.96 Å². The molecule has 0 aliphatic carbocycles. The average Bonchev–Trinajstić information content (AvgIpc) is 2.68. The summed E-state index contributed by atoms with van der Waals surface area (Å²) in [5.41, 5.74) is 3.71. The van der Waals surface area contributed by atoms with Crippen molar-refractivity contribution < 1.29 is 4.79 Å². The van der Waals surface area contributed by atoms with E-state index in [9.17, 15) is 4.79 Å². The zero-order valence-corrected chi connectivity index (χ0v) is 19.0. The number of carbonyl (C=O) groups excluding carboxylic acids is 1. The third-order valence-corrected chi connectivity index (χ3v) is 5.38. The van der Waals surface area contributed by atoms with Gasteiger partial charge in [-0.2, -0.15) is 0 Å². The first-order valence-corrected chi connectivity index (χ1v) is 10.5. The molecule has 1 fully saturated rings. The fraction of sp³-hybridized carbons (Fsp3) is 0.636. The Bertz CT molecular complexity index is 693. The van der Waals surface area contributed by atoms with Gasteiger partial charge in [0.2, 0.25) is 5.91 Å². The van der Waals surface area contributed by atoms with Gasteiger partial charge >= 0.3 is 0 Å². The van der Waals surface area contributed by atoms with E-state index in [1.54, 1.807) is 4.90 Å². The minimum Gasteiger partial charge on any atom is -0.378 e. The molecule has 0 saturated carbocycles. The fourth-order valence-corrected chi connectivity index (χ4v) is 3.38. The van der Waals surface area contributed by atoms with Crippen molar-refractivity contribution in [3.63, 3.8) is 0 Å². The van der Waals surface area contributed by atoms with Gasteiger partial charge in [-0.15, -0.1) is 0 Å². The summed E-state index contributed by atoms with van der Waals surface area (Å²) in [6, 6.07) is 6.90. The van der Waals surface area contributed by atoms with Gasteiger partial charge in [-0.1, -0.05) is 6.07 Å². The van der Waals surface area contributed by atoms with Crippen molar-refractivity contribution in [1.82, 2.24) is 20.4 Å². The van der Waals surface area contributed by atoms with Gasteiger partial charge in [-0.25, -0.2) is 4.99 Å². The molecule has 1 aromatic carbocycles. The number of carbonyl (C=O) groups is 1. The highest BCUT2D eigenvalue weighted by atomic mass is 16.2. The number of piperidine rings is 1. The number of likely N-dealkylation sites (tertiary alicyclic amines) is 1. The molecule has 0 aromatic heterocycles. The molecule has 2 rings (SSSR count). The van der Waals surface area contributed by atoms with E-state index in [0.29, 0.717) is 19.1 Å². The highest BCUT2D eigenvalue weighted by molar-refractivity contribution is 5.80. The maximum atomic E-state index is 11.9. The summed E-state index contributed by atoms with van der Waals surface area (Å²) in [5.74, 6) is 1.04. The number of guanidine groups is 1. The Morgan fingerprint density at radius 1 is 1.21 bits per heavy atom. The van der Waals surface area contributed by atoms with Gasteiger partial charge in [-0.05, 0) is 49.9 Å². The summed E-state index contributed by atoms with van der Waals surface area (Å²) < 4.78 is 0. The molecule has 2 N–H and O–H groups in total. The van der Waals surface area contributed by atoms with Crippen LogP contribution in [0, 0.1) is 6.92 Å². The number of nitrogens with one attached hydrogen (secondary N) is 2. The molecule has 0 radical (unpaired) electrons. The van der Waals surface area contributed by atoms with Crippen molar-refractivity contribution in [3.05, 3.63) is 29.3 Å². The first kappa shape index (κ1) is 23.0. The Labute approximate surface area is 176 Å². The van der Waals surface area contributed by atoms with Crippen molar-refractivity contribution in [2.24, 2.45) is 4.99 Å². The number of rotatable bonds is 7. The van der Waals surface area contributed by atoms with Crippen LogP contribution in [-0.2, 0) is 11.3 Å². The number of hydrogen-bond acceptors (Lipinski definition) is 4. The smallest absolute Gasteiger partial charge is 0.236 e. The molecule has 1 heterocycles. The zero-order valence-electron chi connectivity index (χ0n) is 19.0. The second-order valence-electron chi connectivity index (χ2n) is 8.18. The van der Waals surface area contributed by atoms with Crippen molar-refractivity contribution in [2.75, 3.05) is 59.3 Å². The van der Waals surface area contributed by atoms with Gasteiger partial charge in [0.1, 0.15) is 0 Å². The molecule has 1 aliphatic heterocycles. The van der Waals surface area contributed by atoms with Crippen LogP contribution in [0.3, 0.4) is 0 Å². The topological polar surface area (TPSA) is 63.2 Å².